The molecule has 1 fully saturated rings. The van der Waals surface area contributed by atoms with Crippen LogP contribution < -0.4 is 5.73 Å². The Balaban J connectivity index is 2.36. The van der Waals surface area contributed by atoms with Crippen LogP contribution in [0.4, 0.5) is 0 Å². The summed E-state index contributed by atoms with van der Waals surface area (Å²) in [5.74, 6) is -0.844. The predicted molar refractivity (Wildman–Crippen MR) is 71.4 cm³/mol. The molecule has 0 radical (unpaired) electrons. The summed E-state index contributed by atoms with van der Waals surface area (Å²) in [7, 11) is 0. The Morgan fingerprint density at radius 3 is 1.94 bits per heavy atom. The van der Waals surface area contributed by atoms with Gasteiger partial charge >= 0.3 is 5.97 Å². The molecule has 0 aliphatic heterocycles. The number of aliphatic carboxylic acids is 1. The van der Waals surface area contributed by atoms with Crippen molar-refractivity contribution in [2.45, 2.75) is 44.6 Å². The third-order valence-electron chi connectivity index (χ3n) is 3.80. The van der Waals surface area contributed by atoms with Gasteiger partial charge in [-0.25, -0.2) is 4.79 Å². The molecule has 3 N–H and O–H groups in total. The Hall–Kier alpha value is -1.35. The predicted octanol–water partition coefficient (Wildman–Crippen LogP) is 2.63. The van der Waals surface area contributed by atoms with Gasteiger partial charge in [-0.1, -0.05) is 45.0 Å². The minimum Gasteiger partial charge on any atom is -0.480 e. The molecular formula is C15H21NO2. The highest BCUT2D eigenvalue weighted by molar-refractivity contribution is 5.81. The SMILES string of the molecule is CC(C)(C)c1ccc(C(N)(C(=O)O)C2CC2)cc1. The van der Waals surface area contributed by atoms with Crippen molar-refractivity contribution in [2.24, 2.45) is 11.7 Å². The third kappa shape index (κ3) is 2.15. The molecule has 3 nitrogen and oxygen atoms in total. The van der Waals surface area contributed by atoms with Crippen molar-refractivity contribution in [3.63, 3.8) is 0 Å². The Labute approximate surface area is 108 Å². The number of benzene rings is 1. The van der Waals surface area contributed by atoms with E-state index in [1.54, 1.807) is 0 Å². The molecule has 3 heteroatoms. The molecule has 1 saturated carbocycles. The molecular weight excluding hydrogens is 226 g/mol. The first-order valence-electron chi connectivity index (χ1n) is 6.39. The van der Waals surface area contributed by atoms with Gasteiger partial charge in [0.15, 0.2) is 0 Å². The molecule has 98 valence electrons. The van der Waals surface area contributed by atoms with Crippen LogP contribution in [0.25, 0.3) is 0 Å². The normalized spacial score (nSPS) is 19.3. The summed E-state index contributed by atoms with van der Waals surface area (Å²) in [4.78, 5) is 11.5. The zero-order valence-electron chi connectivity index (χ0n) is 11.2. The molecule has 1 unspecified atom stereocenters. The number of carbonyl (C=O) groups is 1. The molecule has 1 aliphatic carbocycles. The van der Waals surface area contributed by atoms with Crippen molar-refractivity contribution in [3.05, 3.63) is 35.4 Å². The molecule has 18 heavy (non-hydrogen) atoms. The maximum atomic E-state index is 11.5. The molecule has 1 aromatic carbocycles. The van der Waals surface area contributed by atoms with E-state index in [1.165, 1.54) is 5.56 Å². The molecule has 0 amide bonds. The summed E-state index contributed by atoms with van der Waals surface area (Å²) in [6, 6.07) is 7.71. The molecule has 0 bridgehead atoms. The number of carboxylic acids is 1. The summed E-state index contributed by atoms with van der Waals surface area (Å²) >= 11 is 0. The number of carboxylic acid groups (broad SMARTS) is 1. The molecule has 1 aliphatic rings. The van der Waals surface area contributed by atoms with E-state index in [-0.39, 0.29) is 11.3 Å². The monoisotopic (exact) mass is 247 g/mol. The molecule has 0 spiro atoms. The van der Waals surface area contributed by atoms with Gasteiger partial charge in [0.05, 0.1) is 0 Å². The molecule has 0 saturated heterocycles. The lowest BCUT2D eigenvalue weighted by atomic mass is 9.82. The average molecular weight is 247 g/mol. The highest BCUT2D eigenvalue weighted by atomic mass is 16.4. The lowest BCUT2D eigenvalue weighted by Gasteiger charge is -2.26. The zero-order chi connectivity index (χ0) is 13.6. The van der Waals surface area contributed by atoms with Crippen molar-refractivity contribution in [1.82, 2.24) is 0 Å². The van der Waals surface area contributed by atoms with E-state index < -0.39 is 11.5 Å². The Bertz CT molecular complexity index is 454. The Morgan fingerprint density at radius 2 is 1.61 bits per heavy atom. The average Bonchev–Trinajstić information content (AvgIpc) is 3.10. The van der Waals surface area contributed by atoms with Crippen LogP contribution in [-0.4, -0.2) is 11.1 Å². The molecule has 0 heterocycles. The van der Waals surface area contributed by atoms with E-state index in [4.69, 9.17) is 5.73 Å². The summed E-state index contributed by atoms with van der Waals surface area (Å²) in [5.41, 5.74) is 6.89. The van der Waals surface area contributed by atoms with Crippen molar-refractivity contribution >= 4 is 5.97 Å². The highest BCUT2D eigenvalue weighted by Gasteiger charge is 2.49. The minimum atomic E-state index is -1.21. The van der Waals surface area contributed by atoms with E-state index in [0.717, 1.165) is 12.8 Å². The fourth-order valence-electron chi connectivity index (χ4n) is 2.32. The van der Waals surface area contributed by atoms with Gasteiger partial charge in [0, 0.05) is 0 Å². The zero-order valence-corrected chi connectivity index (χ0v) is 11.2. The van der Waals surface area contributed by atoms with Crippen LogP contribution in [0, 0.1) is 5.92 Å². The summed E-state index contributed by atoms with van der Waals surface area (Å²) < 4.78 is 0. The van der Waals surface area contributed by atoms with E-state index in [0.29, 0.717) is 5.56 Å². The molecule has 2 rings (SSSR count). The Kier molecular flexibility index (Phi) is 2.98. The first-order chi connectivity index (χ1) is 8.26. The topological polar surface area (TPSA) is 63.3 Å². The number of rotatable bonds is 3. The van der Waals surface area contributed by atoms with Crippen LogP contribution in [0.2, 0.25) is 0 Å². The molecule has 1 aromatic rings. The lowest BCUT2D eigenvalue weighted by molar-refractivity contribution is -0.144. The van der Waals surface area contributed by atoms with Gasteiger partial charge in [0.25, 0.3) is 0 Å². The van der Waals surface area contributed by atoms with Gasteiger partial charge in [0.1, 0.15) is 5.54 Å². The maximum absolute atomic E-state index is 11.5. The van der Waals surface area contributed by atoms with Crippen LogP contribution in [-0.2, 0) is 15.7 Å². The maximum Gasteiger partial charge on any atom is 0.328 e. The summed E-state index contributed by atoms with van der Waals surface area (Å²) in [6.07, 6.45) is 1.81. The second-order valence-electron chi connectivity index (χ2n) is 6.28. The van der Waals surface area contributed by atoms with E-state index in [9.17, 15) is 9.90 Å². The lowest BCUT2D eigenvalue weighted by Crippen LogP contribution is -2.47. The van der Waals surface area contributed by atoms with Gasteiger partial charge in [-0.3, -0.25) is 0 Å². The largest absolute Gasteiger partial charge is 0.480 e. The minimum absolute atomic E-state index is 0.0680. The van der Waals surface area contributed by atoms with Gasteiger partial charge in [-0.2, -0.15) is 0 Å². The Morgan fingerprint density at radius 1 is 1.17 bits per heavy atom. The number of hydrogen-bond acceptors (Lipinski definition) is 2. The quantitative estimate of drug-likeness (QED) is 0.863. The molecule has 0 aromatic heterocycles. The fraction of sp³-hybridized carbons (Fsp3) is 0.533. The third-order valence-corrected chi connectivity index (χ3v) is 3.80. The summed E-state index contributed by atoms with van der Waals surface area (Å²) in [6.45, 7) is 6.40. The van der Waals surface area contributed by atoms with Gasteiger partial charge in [0.2, 0.25) is 0 Å². The first-order valence-corrected chi connectivity index (χ1v) is 6.39. The van der Waals surface area contributed by atoms with Gasteiger partial charge < -0.3 is 10.8 Å². The smallest absolute Gasteiger partial charge is 0.328 e. The summed E-state index contributed by atoms with van der Waals surface area (Å²) in [5, 5.41) is 9.40. The fourth-order valence-corrected chi connectivity index (χ4v) is 2.32. The van der Waals surface area contributed by atoms with Crippen LogP contribution >= 0.6 is 0 Å². The van der Waals surface area contributed by atoms with Crippen LogP contribution in [0.3, 0.4) is 0 Å². The number of nitrogens with two attached hydrogens (primary N) is 1. The van der Waals surface area contributed by atoms with Gasteiger partial charge in [-0.15, -0.1) is 0 Å². The standard InChI is InChI=1S/C15H21NO2/c1-14(2,3)10-4-6-11(7-5-10)15(16,13(17)18)12-8-9-12/h4-7,12H,8-9,16H2,1-3H3,(H,17,18). The van der Waals surface area contributed by atoms with Crippen LogP contribution in [0.15, 0.2) is 24.3 Å². The van der Waals surface area contributed by atoms with E-state index >= 15 is 0 Å². The van der Waals surface area contributed by atoms with Crippen LogP contribution in [0.1, 0.15) is 44.7 Å². The second kappa shape index (κ2) is 4.09. The van der Waals surface area contributed by atoms with Crippen molar-refractivity contribution in [3.8, 4) is 0 Å². The number of hydrogen-bond donors (Lipinski definition) is 2. The second-order valence-corrected chi connectivity index (χ2v) is 6.28. The highest BCUT2D eigenvalue weighted by Crippen LogP contribution is 2.44. The van der Waals surface area contributed by atoms with Crippen molar-refractivity contribution < 1.29 is 9.90 Å². The van der Waals surface area contributed by atoms with Crippen molar-refractivity contribution in [2.75, 3.05) is 0 Å². The van der Waals surface area contributed by atoms with E-state index in [2.05, 4.69) is 20.8 Å². The van der Waals surface area contributed by atoms with Gasteiger partial charge in [-0.05, 0) is 35.3 Å². The first kappa shape index (κ1) is 13.1. The molecule has 1 atom stereocenters. The van der Waals surface area contributed by atoms with E-state index in [1.807, 2.05) is 24.3 Å². The van der Waals surface area contributed by atoms with Crippen LogP contribution in [0.5, 0.6) is 0 Å². The van der Waals surface area contributed by atoms with Crippen molar-refractivity contribution in [1.29, 1.82) is 0 Å².